The smallest absolute Gasteiger partial charge is 0.255 e. The van der Waals surface area contributed by atoms with Gasteiger partial charge in [-0.15, -0.1) is 0 Å². The number of anilines is 1. The number of nitrogen functional groups attached to an aromatic ring is 1. The molecule has 1 atom stereocenters. The van der Waals surface area contributed by atoms with E-state index in [-0.39, 0.29) is 13.0 Å². The van der Waals surface area contributed by atoms with Crippen LogP contribution in [0.5, 0.6) is 5.88 Å². The second-order valence-electron chi connectivity index (χ2n) is 3.40. The van der Waals surface area contributed by atoms with Crippen LogP contribution in [0.2, 0.25) is 0 Å². The third kappa shape index (κ3) is 1.92. The SMILES string of the molecule is Nc1ccnc(OCC2CC2(F)F)c1. The number of hydrogen-bond acceptors (Lipinski definition) is 3. The van der Waals surface area contributed by atoms with E-state index >= 15 is 0 Å². The van der Waals surface area contributed by atoms with E-state index in [1.54, 1.807) is 6.07 Å². The number of nitrogens with zero attached hydrogens (tertiary/aromatic N) is 1. The normalized spacial score (nSPS) is 23.1. The standard InChI is InChI=1S/C9H10F2N2O/c10-9(11)4-6(9)5-14-8-3-7(12)1-2-13-8/h1-3,6H,4-5H2,(H2,12,13). The van der Waals surface area contributed by atoms with Gasteiger partial charge in [0.1, 0.15) is 0 Å². The number of ether oxygens (including phenoxy) is 1. The van der Waals surface area contributed by atoms with E-state index in [9.17, 15) is 8.78 Å². The Morgan fingerprint density at radius 3 is 2.93 bits per heavy atom. The van der Waals surface area contributed by atoms with Crippen LogP contribution in [0.25, 0.3) is 0 Å². The number of halogens is 2. The molecule has 5 heteroatoms. The van der Waals surface area contributed by atoms with Gasteiger partial charge >= 0.3 is 0 Å². The largest absolute Gasteiger partial charge is 0.477 e. The Labute approximate surface area is 79.9 Å². The highest BCUT2D eigenvalue weighted by Gasteiger charge is 2.57. The lowest BCUT2D eigenvalue weighted by Crippen LogP contribution is -2.06. The van der Waals surface area contributed by atoms with Gasteiger partial charge in [0.15, 0.2) is 0 Å². The third-order valence-corrected chi connectivity index (χ3v) is 2.15. The van der Waals surface area contributed by atoms with Crippen LogP contribution in [0.1, 0.15) is 6.42 Å². The fourth-order valence-electron chi connectivity index (χ4n) is 1.14. The topological polar surface area (TPSA) is 48.1 Å². The molecule has 0 amide bonds. The van der Waals surface area contributed by atoms with Crippen LogP contribution in [-0.2, 0) is 0 Å². The Morgan fingerprint density at radius 2 is 2.36 bits per heavy atom. The highest BCUT2D eigenvalue weighted by molar-refractivity contribution is 5.39. The van der Waals surface area contributed by atoms with Crippen molar-refractivity contribution in [2.45, 2.75) is 12.3 Å². The molecule has 0 bridgehead atoms. The molecule has 1 fully saturated rings. The summed E-state index contributed by atoms with van der Waals surface area (Å²) in [5.74, 6) is -2.90. The van der Waals surface area contributed by atoms with E-state index in [1.807, 2.05) is 0 Å². The number of pyridine rings is 1. The van der Waals surface area contributed by atoms with E-state index in [0.29, 0.717) is 11.6 Å². The average molecular weight is 200 g/mol. The summed E-state index contributed by atoms with van der Waals surface area (Å²) in [4.78, 5) is 3.84. The molecule has 3 nitrogen and oxygen atoms in total. The first-order valence-electron chi connectivity index (χ1n) is 4.30. The lowest BCUT2D eigenvalue weighted by Gasteiger charge is -2.04. The van der Waals surface area contributed by atoms with Gasteiger partial charge in [-0.3, -0.25) is 0 Å². The van der Waals surface area contributed by atoms with Crippen LogP contribution in [0, 0.1) is 5.92 Å². The molecule has 0 radical (unpaired) electrons. The molecular formula is C9H10F2N2O. The Kier molecular flexibility index (Phi) is 2.02. The summed E-state index contributed by atoms with van der Waals surface area (Å²) in [5.41, 5.74) is 5.98. The van der Waals surface area contributed by atoms with Crippen LogP contribution in [0.3, 0.4) is 0 Å². The van der Waals surface area contributed by atoms with Crippen molar-refractivity contribution in [2.75, 3.05) is 12.3 Å². The molecule has 2 N–H and O–H groups in total. The summed E-state index contributed by atoms with van der Waals surface area (Å²) < 4.78 is 30.0. The van der Waals surface area contributed by atoms with Crippen molar-refractivity contribution < 1.29 is 13.5 Å². The zero-order valence-corrected chi connectivity index (χ0v) is 7.41. The Morgan fingerprint density at radius 1 is 1.64 bits per heavy atom. The predicted octanol–water partition coefficient (Wildman–Crippen LogP) is 1.70. The maximum atomic E-state index is 12.5. The Hall–Kier alpha value is -1.39. The molecule has 0 aliphatic heterocycles. The first-order chi connectivity index (χ1) is 6.58. The second-order valence-corrected chi connectivity index (χ2v) is 3.40. The van der Waals surface area contributed by atoms with Gasteiger partial charge in [0.2, 0.25) is 5.88 Å². The highest BCUT2D eigenvalue weighted by Crippen LogP contribution is 2.48. The summed E-state index contributed by atoms with van der Waals surface area (Å²) in [6.07, 6.45) is 1.39. The van der Waals surface area contributed by atoms with Crippen molar-refractivity contribution in [1.82, 2.24) is 4.98 Å². The van der Waals surface area contributed by atoms with E-state index in [2.05, 4.69) is 4.98 Å². The molecule has 1 saturated carbocycles. The molecule has 1 unspecified atom stereocenters. The van der Waals surface area contributed by atoms with Crippen molar-refractivity contribution in [3.8, 4) is 5.88 Å². The third-order valence-electron chi connectivity index (χ3n) is 2.15. The minimum Gasteiger partial charge on any atom is -0.477 e. The fraction of sp³-hybridized carbons (Fsp3) is 0.444. The number of nitrogens with two attached hydrogens (primary N) is 1. The fourth-order valence-corrected chi connectivity index (χ4v) is 1.14. The van der Waals surface area contributed by atoms with Crippen molar-refractivity contribution >= 4 is 5.69 Å². The van der Waals surface area contributed by atoms with Crippen LogP contribution < -0.4 is 10.5 Å². The first kappa shape index (κ1) is 9.18. The van der Waals surface area contributed by atoms with E-state index < -0.39 is 11.8 Å². The van der Waals surface area contributed by atoms with Gasteiger partial charge in [-0.2, -0.15) is 0 Å². The number of hydrogen-bond donors (Lipinski definition) is 1. The lowest BCUT2D eigenvalue weighted by molar-refractivity contribution is 0.0850. The highest BCUT2D eigenvalue weighted by atomic mass is 19.3. The summed E-state index contributed by atoms with van der Waals surface area (Å²) >= 11 is 0. The average Bonchev–Trinajstić information content (AvgIpc) is 2.71. The summed E-state index contributed by atoms with van der Waals surface area (Å²) in [5, 5.41) is 0. The predicted molar refractivity (Wildman–Crippen MR) is 47.2 cm³/mol. The van der Waals surface area contributed by atoms with Gasteiger partial charge in [0, 0.05) is 24.4 Å². The van der Waals surface area contributed by atoms with Gasteiger partial charge in [0.25, 0.3) is 5.92 Å². The summed E-state index contributed by atoms with van der Waals surface area (Å²) in [7, 11) is 0. The molecular weight excluding hydrogens is 190 g/mol. The maximum Gasteiger partial charge on any atom is 0.255 e. The zero-order valence-electron chi connectivity index (χ0n) is 7.41. The van der Waals surface area contributed by atoms with Crippen molar-refractivity contribution in [3.63, 3.8) is 0 Å². The lowest BCUT2D eigenvalue weighted by atomic mass is 10.4. The van der Waals surface area contributed by atoms with E-state index in [0.717, 1.165) is 0 Å². The molecule has 1 heterocycles. The zero-order chi connectivity index (χ0) is 10.2. The molecule has 1 aliphatic carbocycles. The summed E-state index contributed by atoms with van der Waals surface area (Å²) in [6, 6.07) is 3.12. The molecule has 0 spiro atoms. The van der Waals surface area contributed by atoms with Crippen molar-refractivity contribution in [1.29, 1.82) is 0 Å². The Balaban J connectivity index is 1.87. The monoisotopic (exact) mass is 200 g/mol. The maximum absolute atomic E-state index is 12.5. The number of aromatic nitrogens is 1. The number of rotatable bonds is 3. The van der Waals surface area contributed by atoms with Gasteiger partial charge in [0.05, 0.1) is 12.5 Å². The van der Waals surface area contributed by atoms with E-state index in [4.69, 9.17) is 10.5 Å². The van der Waals surface area contributed by atoms with Gasteiger partial charge < -0.3 is 10.5 Å². The van der Waals surface area contributed by atoms with Gasteiger partial charge in [-0.05, 0) is 6.07 Å². The van der Waals surface area contributed by atoms with Crippen LogP contribution in [0.4, 0.5) is 14.5 Å². The molecule has 14 heavy (non-hydrogen) atoms. The molecule has 0 aromatic carbocycles. The molecule has 1 aromatic rings. The minimum atomic E-state index is -2.54. The summed E-state index contributed by atoms with van der Waals surface area (Å²) in [6.45, 7) is 0.00343. The second kappa shape index (κ2) is 3.08. The van der Waals surface area contributed by atoms with Gasteiger partial charge in [-0.25, -0.2) is 13.8 Å². The number of alkyl halides is 2. The quantitative estimate of drug-likeness (QED) is 0.807. The van der Waals surface area contributed by atoms with Crippen LogP contribution in [-0.4, -0.2) is 17.5 Å². The van der Waals surface area contributed by atoms with Gasteiger partial charge in [-0.1, -0.05) is 0 Å². The van der Waals surface area contributed by atoms with Crippen molar-refractivity contribution in [2.24, 2.45) is 5.92 Å². The Bertz CT molecular complexity index is 343. The molecule has 2 rings (SSSR count). The minimum absolute atomic E-state index is 0.00343. The van der Waals surface area contributed by atoms with Crippen molar-refractivity contribution in [3.05, 3.63) is 18.3 Å². The van der Waals surface area contributed by atoms with E-state index in [1.165, 1.54) is 12.3 Å². The van der Waals surface area contributed by atoms with Crippen LogP contribution >= 0.6 is 0 Å². The molecule has 1 aromatic heterocycles. The molecule has 0 saturated heterocycles. The molecule has 76 valence electrons. The molecule has 1 aliphatic rings. The first-order valence-corrected chi connectivity index (χ1v) is 4.30. The van der Waals surface area contributed by atoms with Crippen LogP contribution in [0.15, 0.2) is 18.3 Å².